The lowest BCUT2D eigenvalue weighted by molar-refractivity contribution is -0.117. The van der Waals surface area contributed by atoms with Gasteiger partial charge in [-0.2, -0.15) is 0 Å². The van der Waals surface area contributed by atoms with Gasteiger partial charge in [-0.1, -0.05) is 0 Å². The molecule has 0 aromatic heterocycles. The fourth-order valence-corrected chi connectivity index (χ4v) is 1.81. The fourth-order valence-electron chi connectivity index (χ4n) is 1.81. The summed E-state index contributed by atoms with van der Waals surface area (Å²) in [5.74, 6) is 0.000354. The molecule has 1 aliphatic heterocycles. The van der Waals surface area contributed by atoms with E-state index in [0.717, 1.165) is 5.69 Å². The number of hydrogen-bond donors (Lipinski definition) is 1. The standard InChI is InChI=1S/C11H13FN2O/c12-9-1-3-10(4-2-9)14-7-8(6-13)5-11(14)15/h1-4,8H,5-7,13H2/t8-/m1/s1. The molecule has 2 rings (SSSR count). The highest BCUT2D eigenvalue weighted by molar-refractivity contribution is 5.95. The molecule has 0 aliphatic carbocycles. The number of carbonyl (C=O) groups is 1. The molecule has 0 radical (unpaired) electrons. The Hall–Kier alpha value is -1.42. The maximum atomic E-state index is 12.7. The van der Waals surface area contributed by atoms with E-state index in [2.05, 4.69) is 0 Å². The molecule has 1 saturated heterocycles. The number of halogens is 1. The molecule has 1 aromatic rings. The molecule has 1 aromatic carbocycles. The number of nitrogens with two attached hydrogens (primary N) is 1. The molecule has 1 amide bonds. The second-order valence-electron chi connectivity index (χ2n) is 3.79. The minimum absolute atomic E-state index is 0.0667. The van der Waals surface area contributed by atoms with Crippen LogP contribution in [-0.2, 0) is 4.79 Å². The summed E-state index contributed by atoms with van der Waals surface area (Å²) in [6.07, 6.45) is 0.494. The number of carbonyl (C=O) groups excluding carboxylic acids is 1. The van der Waals surface area contributed by atoms with Gasteiger partial charge in [-0.05, 0) is 36.7 Å². The monoisotopic (exact) mass is 208 g/mol. The maximum Gasteiger partial charge on any atom is 0.227 e. The van der Waals surface area contributed by atoms with Crippen molar-refractivity contribution in [2.45, 2.75) is 6.42 Å². The smallest absolute Gasteiger partial charge is 0.227 e. The molecule has 1 aliphatic rings. The predicted molar refractivity (Wildman–Crippen MR) is 55.9 cm³/mol. The SMILES string of the molecule is NC[C@H]1CC(=O)N(c2ccc(F)cc2)C1. The summed E-state index contributed by atoms with van der Waals surface area (Å²) in [6.45, 7) is 1.16. The Morgan fingerprint density at radius 3 is 2.60 bits per heavy atom. The number of hydrogen-bond acceptors (Lipinski definition) is 2. The van der Waals surface area contributed by atoms with E-state index in [1.165, 1.54) is 12.1 Å². The van der Waals surface area contributed by atoms with E-state index in [0.29, 0.717) is 19.5 Å². The highest BCUT2D eigenvalue weighted by Gasteiger charge is 2.29. The van der Waals surface area contributed by atoms with Gasteiger partial charge >= 0.3 is 0 Å². The Labute approximate surface area is 87.7 Å². The zero-order valence-corrected chi connectivity index (χ0v) is 8.32. The normalized spacial score (nSPS) is 21.1. The van der Waals surface area contributed by atoms with Crippen molar-refractivity contribution in [3.8, 4) is 0 Å². The van der Waals surface area contributed by atoms with Crippen LogP contribution >= 0.6 is 0 Å². The van der Waals surface area contributed by atoms with Gasteiger partial charge in [0.2, 0.25) is 5.91 Å². The van der Waals surface area contributed by atoms with E-state index in [1.54, 1.807) is 17.0 Å². The lowest BCUT2D eigenvalue weighted by Gasteiger charge is -2.16. The predicted octanol–water partition coefficient (Wildman–Crippen LogP) is 1.14. The molecule has 0 unspecified atom stereocenters. The van der Waals surface area contributed by atoms with Crippen molar-refractivity contribution in [1.29, 1.82) is 0 Å². The number of amides is 1. The second kappa shape index (κ2) is 3.98. The molecule has 80 valence electrons. The van der Waals surface area contributed by atoms with Gasteiger partial charge in [0.05, 0.1) is 0 Å². The molecule has 3 nitrogen and oxygen atoms in total. The zero-order chi connectivity index (χ0) is 10.8. The number of rotatable bonds is 2. The van der Waals surface area contributed by atoms with Gasteiger partial charge in [-0.15, -0.1) is 0 Å². The molecule has 2 N–H and O–H groups in total. The lowest BCUT2D eigenvalue weighted by Crippen LogP contribution is -2.25. The van der Waals surface area contributed by atoms with E-state index in [4.69, 9.17) is 5.73 Å². The van der Waals surface area contributed by atoms with Crippen LogP contribution in [0.25, 0.3) is 0 Å². The molecule has 1 heterocycles. The molecule has 15 heavy (non-hydrogen) atoms. The van der Waals surface area contributed by atoms with Crippen LogP contribution in [0.2, 0.25) is 0 Å². The van der Waals surface area contributed by atoms with Crippen LogP contribution < -0.4 is 10.6 Å². The van der Waals surface area contributed by atoms with Crippen molar-refractivity contribution in [3.05, 3.63) is 30.1 Å². The highest BCUT2D eigenvalue weighted by atomic mass is 19.1. The molecule has 0 spiro atoms. The number of anilines is 1. The average Bonchev–Trinajstić information content (AvgIpc) is 2.61. The molecular weight excluding hydrogens is 195 g/mol. The van der Waals surface area contributed by atoms with Gasteiger partial charge in [0.25, 0.3) is 0 Å². The van der Waals surface area contributed by atoms with Crippen molar-refractivity contribution >= 4 is 11.6 Å². The van der Waals surface area contributed by atoms with Crippen LogP contribution in [0.5, 0.6) is 0 Å². The Balaban J connectivity index is 2.18. The molecular formula is C11H13FN2O. The summed E-state index contributed by atoms with van der Waals surface area (Å²) in [4.78, 5) is 13.3. The topological polar surface area (TPSA) is 46.3 Å². The van der Waals surface area contributed by atoms with Gasteiger partial charge in [0, 0.05) is 18.7 Å². The van der Waals surface area contributed by atoms with E-state index in [1.807, 2.05) is 0 Å². The Morgan fingerprint density at radius 1 is 1.40 bits per heavy atom. The number of nitrogens with zero attached hydrogens (tertiary/aromatic N) is 1. The van der Waals surface area contributed by atoms with Gasteiger partial charge in [-0.25, -0.2) is 4.39 Å². The van der Waals surface area contributed by atoms with Crippen molar-refractivity contribution < 1.29 is 9.18 Å². The Kier molecular flexibility index (Phi) is 2.68. The van der Waals surface area contributed by atoms with Crippen LogP contribution in [0.1, 0.15) is 6.42 Å². The zero-order valence-electron chi connectivity index (χ0n) is 8.32. The van der Waals surface area contributed by atoms with Crippen molar-refractivity contribution in [1.82, 2.24) is 0 Å². The summed E-state index contributed by atoms with van der Waals surface area (Å²) in [5.41, 5.74) is 6.27. The average molecular weight is 208 g/mol. The van der Waals surface area contributed by atoms with Crippen LogP contribution in [0.15, 0.2) is 24.3 Å². The first-order chi connectivity index (χ1) is 7.20. The van der Waals surface area contributed by atoms with E-state index in [-0.39, 0.29) is 17.6 Å². The van der Waals surface area contributed by atoms with Crippen LogP contribution in [0.4, 0.5) is 10.1 Å². The highest BCUT2D eigenvalue weighted by Crippen LogP contribution is 2.24. The summed E-state index contributed by atoms with van der Waals surface area (Å²) in [5, 5.41) is 0. The molecule has 4 heteroatoms. The number of benzene rings is 1. The minimum Gasteiger partial charge on any atom is -0.330 e. The van der Waals surface area contributed by atoms with Gasteiger partial charge in [-0.3, -0.25) is 4.79 Å². The van der Waals surface area contributed by atoms with Gasteiger partial charge in [0.1, 0.15) is 5.82 Å². The van der Waals surface area contributed by atoms with Gasteiger partial charge in [0.15, 0.2) is 0 Å². The Morgan fingerprint density at radius 2 is 2.07 bits per heavy atom. The summed E-state index contributed by atoms with van der Waals surface area (Å²) < 4.78 is 12.7. The first-order valence-corrected chi connectivity index (χ1v) is 4.96. The third-order valence-corrected chi connectivity index (χ3v) is 2.68. The van der Waals surface area contributed by atoms with Crippen molar-refractivity contribution in [2.75, 3.05) is 18.0 Å². The largest absolute Gasteiger partial charge is 0.330 e. The molecule has 1 atom stereocenters. The van der Waals surface area contributed by atoms with E-state index < -0.39 is 0 Å². The first kappa shape index (κ1) is 10.1. The summed E-state index contributed by atoms with van der Waals surface area (Å²) >= 11 is 0. The fraction of sp³-hybridized carbons (Fsp3) is 0.364. The van der Waals surface area contributed by atoms with E-state index in [9.17, 15) is 9.18 Å². The van der Waals surface area contributed by atoms with Crippen LogP contribution in [0, 0.1) is 11.7 Å². The Bertz CT molecular complexity index is 363. The summed E-state index contributed by atoms with van der Waals surface area (Å²) in [7, 11) is 0. The van der Waals surface area contributed by atoms with E-state index >= 15 is 0 Å². The maximum absolute atomic E-state index is 12.7. The van der Waals surface area contributed by atoms with Crippen molar-refractivity contribution in [2.24, 2.45) is 11.7 Å². The quantitative estimate of drug-likeness (QED) is 0.792. The minimum atomic E-state index is -0.291. The molecule has 0 saturated carbocycles. The first-order valence-electron chi connectivity index (χ1n) is 4.96. The molecule has 0 bridgehead atoms. The summed E-state index contributed by atoms with van der Waals surface area (Å²) in [6, 6.07) is 5.95. The van der Waals surface area contributed by atoms with Crippen LogP contribution in [0.3, 0.4) is 0 Å². The second-order valence-corrected chi connectivity index (χ2v) is 3.79. The third-order valence-electron chi connectivity index (χ3n) is 2.68. The van der Waals surface area contributed by atoms with Crippen LogP contribution in [-0.4, -0.2) is 19.0 Å². The van der Waals surface area contributed by atoms with Gasteiger partial charge < -0.3 is 10.6 Å². The third kappa shape index (κ3) is 1.99. The van der Waals surface area contributed by atoms with Crippen molar-refractivity contribution in [3.63, 3.8) is 0 Å². The molecule has 1 fully saturated rings. The lowest BCUT2D eigenvalue weighted by atomic mass is 10.1.